The molecule has 4 amide bonds. The van der Waals surface area contributed by atoms with Gasteiger partial charge in [0, 0.05) is 24.9 Å². The van der Waals surface area contributed by atoms with Gasteiger partial charge < -0.3 is 35.1 Å². The van der Waals surface area contributed by atoms with Gasteiger partial charge in [0.25, 0.3) is 0 Å². The lowest BCUT2D eigenvalue weighted by atomic mass is 10.1. The number of aromatic nitrogens is 4. The number of benzene rings is 2. The molecule has 276 valence electrons. The number of amides is 4. The van der Waals surface area contributed by atoms with Crippen LogP contribution >= 0.6 is 0 Å². The number of hydrogen-bond acceptors (Lipinski definition) is 7. The summed E-state index contributed by atoms with van der Waals surface area (Å²) in [4.78, 5) is 70.7. The molecule has 2 aliphatic carbocycles. The SMILES string of the molecule is C[C@@H](NC(=O)C1CC1)C(=O)N1CCC[C@H]1c1ncc(-c2ccc(Oc3ccc(-c4cnc([C@@H]5CCCN5C(=O)[C@@H](C)NC(=O)C5CC5)[nH]4)cc3)cc2)[nH]1. The van der Waals surface area contributed by atoms with Crippen LogP contribution in [0.2, 0.25) is 0 Å². The maximum absolute atomic E-state index is 13.2. The van der Waals surface area contributed by atoms with E-state index in [4.69, 9.17) is 4.74 Å². The zero-order valence-corrected chi connectivity index (χ0v) is 30.1. The molecule has 2 aromatic carbocycles. The molecule has 0 bridgehead atoms. The summed E-state index contributed by atoms with van der Waals surface area (Å²) in [7, 11) is 0. The Kier molecular flexibility index (Phi) is 9.48. The quantitative estimate of drug-likeness (QED) is 0.152. The Hall–Kier alpha value is -5.46. The number of ether oxygens (including phenoxy) is 1. The van der Waals surface area contributed by atoms with Gasteiger partial charge in [0.05, 0.1) is 35.9 Å². The Labute approximate surface area is 308 Å². The molecule has 4 fully saturated rings. The first-order chi connectivity index (χ1) is 25.7. The van der Waals surface area contributed by atoms with Gasteiger partial charge in [0.2, 0.25) is 23.6 Å². The molecule has 13 nitrogen and oxygen atoms in total. The average Bonchev–Trinajstić information content (AvgIpc) is 3.93. The topological polar surface area (TPSA) is 165 Å². The molecular weight excluding hydrogens is 672 g/mol. The lowest BCUT2D eigenvalue weighted by Gasteiger charge is -2.26. The van der Waals surface area contributed by atoms with Gasteiger partial charge in [-0.15, -0.1) is 0 Å². The molecule has 8 rings (SSSR count). The highest BCUT2D eigenvalue weighted by atomic mass is 16.5. The Morgan fingerprint density at radius 2 is 1.04 bits per heavy atom. The van der Waals surface area contributed by atoms with Gasteiger partial charge >= 0.3 is 0 Å². The molecule has 0 radical (unpaired) electrons. The second-order valence-corrected chi connectivity index (χ2v) is 14.9. The van der Waals surface area contributed by atoms with Gasteiger partial charge in [0.1, 0.15) is 35.2 Å². The van der Waals surface area contributed by atoms with E-state index in [2.05, 4.69) is 30.6 Å². The van der Waals surface area contributed by atoms with Crippen molar-refractivity contribution in [1.29, 1.82) is 0 Å². The van der Waals surface area contributed by atoms with E-state index in [1.165, 1.54) is 0 Å². The third-order valence-electron chi connectivity index (χ3n) is 10.8. The minimum absolute atomic E-state index is 0.0275. The first-order valence-electron chi connectivity index (χ1n) is 18.9. The zero-order valence-electron chi connectivity index (χ0n) is 30.1. The molecule has 2 saturated heterocycles. The number of nitrogens with one attached hydrogen (secondary N) is 4. The van der Waals surface area contributed by atoms with E-state index >= 15 is 0 Å². The Morgan fingerprint density at radius 3 is 1.42 bits per heavy atom. The molecule has 0 spiro atoms. The summed E-state index contributed by atoms with van der Waals surface area (Å²) in [5.41, 5.74) is 3.60. The van der Waals surface area contributed by atoms with Gasteiger partial charge in [-0.3, -0.25) is 19.2 Å². The predicted molar refractivity (Wildman–Crippen MR) is 196 cm³/mol. The summed E-state index contributed by atoms with van der Waals surface area (Å²) in [5, 5.41) is 5.77. The van der Waals surface area contributed by atoms with Crippen molar-refractivity contribution in [3.8, 4) is 34.0 Å². The fourth-order valence-corrected chi connectivity index (χ4v) is 7.45. The summed E-state index contributed by atoms with van der Waals surface area (Å²) in [6.07, 6.45) is 10.6. The van der Waals surface area contributed by atoms with E-state index in [9.17, 15) is 19.2 Å². The molecular formula is C40H46N8O5. The predicted octanol–water partition coefficient (Wildman–Crippen LogP) is 5.42. The minimum Gasteiger partial charge on any atom is -0.457 e. The van der Waals surface area contributed by atoms with Crippen molar-refractivity contribution in [2.45, 2.75) is 89.4 Å². The van der Waals surface area contributed by atoms with Crippen LogP contribution in [0.15, 0.2) is 60.9 Å². The highest BCUT2D eigenvalue weighted by Crippen LogP contribution is 2.35. The fourth-order valence-electron chi connectivity index (χ4n) is 7.45. The van der Waals surface area contributed by atoms with Crippen LogP contribution in [0.25, 0.3) is 22.5 Å². The number of aromatic amines is 2. The number of carbonyl (C=O) groups excluding carboxylic acids is 4. The van der Waals surface area contributed by atoms with E-state index in [0.29, 0.717) is 24.6 Å². The number of likely N-dealkylation sites (tertiary alicyclic amines) is 2. The van der Waals surface area contributed by atoms with Crippen molar-refractivity contribution in [2.75, 3.05) is 13.1 Å². The Morgan fingerprint density at radius 1 is 0.642 bits per heavy atom. The number of H-pyrrole nitrogens is 2. The minimum atomic E-state index is -0.560. The highest BCUT2D eigenvalue weighted by molar-refractivity contribution is 5.90. The molecule has 0 unspecified atom stereocenters. The van der Waals surface area contributed by atoms with Crippen LogP contribution in [0.3, 0.4) is 0 Å². The van der Waals surface area contributed by atoms with Gasteiger partial charge in [-0.05, 0) is 125 Å². The number of carbonyl (C=O) groups is 4. The summed E-state index contributed by atoms with van der Waals surface area (Å²) in [6.45, 7) is 4.80. The van der Waals surface area contributed by atoms with E-state index in [1.54, 1.807) is 26.2 Å². The fraction of sp³-hybridized carbons (Fsp3) is 0.450. The molecule has 53 heavy (non-hydrogen) atoms. The van der Waals surface area contributed by atoms with Crippen molar-refractivity contribution in [1.82, 2.24) is 40.4 Å². The van der Waals surface area contributed by atoms with Crippen molar-refractivity contribution in [2.24, 2.45) is 11.8 Å². The number of nitrogens with zero attached hydrogens (tertiary/aromatic N) is 4. The van der Waals surface area contributed by atoms with Gasteiger partial charge in [0.15, 0.2) is 0 Å². The smallest absolute Gasteiger partial charge is 0.245 e. The van der Waals surface area contributed by atoms with Crippen LogP contribution in [0.5, 0.6) is 11.5 Å². The third-order valence-corrected chi connectivity index (χ3v) is 10.8. The van der Waals surface area contributed by atoms with Crippen LogP contribution in [-0.2, 0) is 19.2 Å². The Bertz CT molecular complexity index is 1840. The normalized spacial score (nSPS) is 20.9. The first-order valence-corrected chi connectivity index (χ1v) is 18.9. The Balaban J connectivity index is 0.862. The van der Waals surface area contributed by atoms with E-state index in [0.717, 1.165) is 85.5 Å². The average molecular weight is 719 g/mol. The van der Waals surface area contributed by atoms with Crippen molar-refractivity contribution in [3.63, 3.8) is 0 Å². The molecule has 4 atom stereocenters. The lowest BCUT2D eigenvalue weighted by Crippen LogP contribution is -2.47. The first kappa shape index (κ1) is 34.6. The molecule has 13 heteroatoms. The molecule has 4 N–H and O–H groups in total. The molecule has 2 aromatic heterocycles. The molecule has 4 heterocycles. The largest absolute Gasteiger partial charge is 0.457 e. The van der Waals surface area contributed by atoms with Crippen LogP contribution in [0, 0.1) is 11.8 Å². The third kappa shape index (κ3) is 7.56. The molecule has 4 aromatic rings. The standard InChI is InChI=1S/C40H46N8O5/c1-23(43-37(49)27-7-8-27)39(51)47-19-3-5-33(47)35-41-21-31(45-35)25-11-15-29(16-12-25)53-30-17-13-26(14-18-30)32-22-42-36(46-32)34-6-4-20-48(34)40(52)24(2)44-38(50)28-9-10-28/h11-18,21-24,27-28,33-34H,3-10,19-20H2,1-2H3,(H,41,45)(H,42,46)(H,43,49)(H,44,50)/t23-,24-,33+,34+/m1/s1. The van der Waals surface area contributed by atoms with Crippen molar-refractivity contribution in [3.05, 3.63) is 72.6 Å². The summed E-state index contributed by atoms with van der Waals surface area (Å²) in [6, 6.07) is 14.1. The van der Waals surface area contributed by atoms with E-state index < -0.39 is 12.1 Å². The molecule has 2 saturated carbocycles. The lowest BCUT2D eigenvalue weighted by molar-refractivity contribution is -0.137. The highest BCUT2D eigenvalue weighted by Gasteiger charge is 2.38. The second kappa shape index (κ2) is 14.5. The summed E-state index contributed by atoms with van der Waals surface area (Å²) < 4.78 is 6.15. The van der Waals surface area contributed by atoms with Crippen LogP contribution in [0.4, 0.5) is 0 Å². The van der Waals surface area contributed by atoms with Crippen molar-refractivity contribution < 1.29 is 23.9 Å². The van der Waals surface area contributed by atoms with Gasteiger partial charge in [-0.2, -0.15) is 0 Å². The zero-order chi connectivity index (χ0) is 36.6. The number of rotatable bonds is 12. The van der Waals surface area contributed by atoms with Crippen LogP contribution in [0.1, 0.15) is 88.9 Å². The monoisotopic (exact) mass is 718 g/mol. The summed E-state index contributed by atoms with van der Waals surface area (Å²) in [5.74, 6) is 2.78. The summed E-state index contributed by atoms with van der Waals surface area (Å²) >= 11 is 0. The van der Waals surface area contributed by atoms with E-state index in [1.807, 2.05) is 58.3 Å². The molecule has 4 aliphatic rings. The maximum atomic E-state index is 13.2. The van der Waals surface area contributed by atoms with Crippen molar-refractivity contribution >= 4 is 23.6 Å². The van der Waals surface area contributed by atoms with Gasteiger partial charge in [-0.25, -0.2) is 9.97 Å². The second-order valence-electron chi connectivity index (χ2n) is 14.9. The van der Waals surface area contributed by atoms with Crippen LogP contribution < -0.4 is 15.4 Å². The number of hydrogen-bond donors (Lipinski definition) is 4. The molecule has 2 aliphatic heterocycles. The van der Waals surface area contributed by atoms with Gasteiger partial charge in [-0.1, -0.05) is 0 Å². The number of imidazole rings is 2. The van der Waals surface area contributed by atoms with E-state index in [-0.39, 0.29) is 47.5 Å². The van der Waals surface area contributed by atoms with Crippen LogP contribution in [-0.4, -0.2) is 78.5 Å². The maximum Gasteiger partial charge on any atom is 0.245 e.